The summed E-state index contributed by atoms with van der Waals surface area (Å²) in [4.78, 5) is 0. The molecule has 0 aromatic heterocycles. The van der Waals surface area contributed by atoms with E-state index < -0.39 is 0 Å². The minimum atomic E-state index is -0.369. The van der Waals surface area contributed by atoms with Gasteiger partial charge in [-0.05, 0) is 37.1 Å². The van der Waals surface area contributed by atoms with Crippen LogP contribution in [0.15, 0.2) is 48.6 Å². The molecule has 0 radical (unpaired) electrons. The van der Waals surface area contributed by atoms with Crippen molar-refractivity contribution in [2.75, 3.05) is 6.16 Å². The monoisotopic (exact) mass is 274 g/mol. The Morgan fingerprint density at radius 3 is 2.74 bits per heavy atom. The molecule has 1 heterocycles. The summed E-state index contributed by atoms with van der Waals surface area (Å²) in [5.41, 5.74) is 4.09. The predicted molar refractivity (Wildman–Crippen MR) is 91.9 cm³/mol. The second kappa shape index (κ2) is 7.15. The molecule has 0 nitrogen and oxygen atoms in total. The van der Waals surface area contributed by atoms with Gasteiger partial charge >= 0.3 is 0 Å². The third kappa shape index (κ3) is 3.42. The molecular formula is C18H27P. The van der Waals surface area contributed by atoms with Crippen LogP contribution in [0.4, 0.5) is 0 Å². The highest BCUT2D eigenvalue weighted by Gasteiger charge is 2.28. The summed E-state index contributed by atoms with van der Waals surface area (Å²) in [5, 5.41) is 1.73. The molecule has 1 heteroatoms. The molecule has 0 fully saturated rings. The Morgan fingerprint density at radius 2 is 2.05 bits per heavy atom. The lowest BCUT2D eigenvalue weighted by Gasteiger charge is -2.13. The van der Waals surface area contributed by atoms with Crippen molar-refractivity contribution in [1.29, 1.82) is 0 Å². The van der Waals surface area contributed by atoms with Gasteiger partial charge in [0.05, 0.1) is 0 Å². The SMILES string of the molecule is C=CCC1=CC2C(=CC(CC=C)=[PH]2CCCCC)C1. The normalized spacial score (nSPS) is 25.0. The standard InChI is InChI=1S/C18H27P/c1-4-7-8-11-19-17(10-6-3)14-16-12-15(9-5-2)13-18(16)19/h5-6,13-14,18-19H,2-4,7-12H2,1H3. The van der Waals surface area contributed by atoms with Gasteiger partial charge in [-0.25, -0.2) is 0 Å². The number of hydrogen-bond donors (Lipinski definition) is 0. The molecule has 0 saturated carbocycles. The lowest BCUT2D eigenvalue weighted by atomic mass is 10.1. The lowest BCUT2D eigenvalue weighted by Crippen LogP contribution is -1.97. The van der Waals surface area contributed by atoms with Gasteiger partial charge in [0, 0.05) is 5.66 Å². The van der Waals surface area contributed by atoms with Crippen molar-refractivity contribution in [3.8, 4) is 0 Å². The molecule has 0 aromatic carbocycles. The molecule has 0 bridgehead atoms. The van der Waals surface area contributed by atoms with Gasteiger partial charge in [-0.15, -0.1) is 20.7 Å². The quantitative estimate of drug-likeness (QED) is 0.318. The first kappa shape index (κ1) is 14.7. The summed E-state index contributed by atoms with van der Waals surface area (Å²) < 4.78 is 0. The zero-order valence-electron chi connectivity index (χ0n) is 12.3. The van der Waals surface area contributed by atoms with Crippen LogP contribution in [-0.2, 0) is 0 Å². The van der Waals surface area contributed by atoms with E-state index in [1.165, 1.54) is 31.8 Å². The van der Waals surface area contributed by atoms with E-state index in [4.69, 9.17) is 0 Å². The number of hydrogen-bond acceptors (Lipinski definition) is 0. The number of allylic oxidation sites excluding steroid dienone is 6. The van der Waals surface area contributed by atoms with Crippen molar-refractivity contribution in [1.82, 2.24) is 0 Å². The summed E-state index contributed by atoms with van der Waals surface area (Å²) >= 11 is 0. The van der Waals surface area contributed by atoms with Gasteiger partial charge in [0.25, 0.3) is 0 Å². The molecule has 2 atom stereocenters. The fourth-order valence-electron chi connectivity index (χ4n) is 3.31. The third-order valence-corrected chi connectivity index (χ3v) is 7.55. The van der Waals surface area contributed by atoms with Gasteiger partial charge < -0.3 is 0 Å². The Bertz CT molecular complexity index is 448. The molecule has 0 amide bonds. The van der Waals surface area contributed by atoms with Crippen LogP contribution in [0.5, 0.6) is 0 Å². The fourth-order valence-corrected chi connectivity index (χ4v) is 6.82. The van der Waals surface area contributed by atoms with E-state index in [1.54, 1.807) is 16.4 Å². The largest absolute Gasteiger partial charge is 0.103 e. The zero-order valence-corrected chi connectivity index (χ0v) is 13.3. The molecule has 0 N–H and O–H groups in total. The second-order valence-corrected chi connectivity index (χ2v) is 8.51. The zero-order chi connectivity index (χ0) is 13.7. The minimum Gasteiger partial charge on any atom is -0.103 e. The Balaban J connectivity index is 2.12. The highest BCUT2D eigenvalue weighted by atomic mass is 31.1. The molecule has 0 saturated heterocycles. The van der Waals surface area contributed by atoms with Crippen molar-refractivity contribution < 1.29 is 0 Å². The minimum absolute atomic E-state index is 0.369. The molecule has 0 aromatic rings. The molecule has 0 spiro atoms. The summed E-state index contributed by atoms with van der Waals surface area (Å²) in [7, 11) is -0.369. The van der Waals surface area contributed by atoms with Crippen molar-refractivity contribution in [2.45, 2.75) is 51.1 Å². The molecule has 1 aliphatic carbocycles. The van der Waals surface area contributed by atoms with E-state index in [1.807, 2.05) is 6.08 Å². The first-order valence-corrected chi connectivity index (χ1v) is 9.42. The Morgan fingerprint density at radius 1 is 1.26 bits per heavy atom. The van der Waals surface area contributed by atoms with E-state index >= 15 is 0 Å². The molecule has 2 unspecified atom stereocenters. The topological polar surface area (TPSA) is 0 Å². The third-order valence-electron chi connectivity index (χ3n) is 4.20. The van der Waals surface area contributed by atoms with E-state index in [-0.39, 0.29) is 7.55 Å². The van der Waals surface area contributed by atoms with Crippen LogP contribution in [0, 0.1) is 0 Å². The fraction of sp³-hybridized carbons (Fsp3) is 0.500. The first-order chi connectivity index (χ1) is 9.30. The number of unbranched alkanes of at least 4 members (excludes halogenated alkanes) is 2. The summed E-state index contributed by atoms with van der Waals surface area (Å²) in [5.74, 6) is 0. The Hall–Kier alpha value is -0.740. The molecule has 2 aliphatic rings. The summed E-state index contributed by atoms with van der Waals surface area (Å²) in [6, 6.07) is 0. The molecular weight excluding hydrogens is 247 g/mol. The molecule has 19 heavy (non-hydrogen) atoms. The van der Waals surface area contributed by atoms with Crippen LogP contribution >= 0.6 is 7.55 Å². The highest BCUT2D eigenvalue weighted by molar-refractivity contribution is 7.61. The van der Waals surface area contributed by atoms with E-state index in [2.05, 4.69) is 38.3 Å². The predicted octanol–water partition coefficient (Wildman–Crippen LogP) is 5.35. The molecule has 2 rings (SSSR count). The maximum absolute atomic E-state index is 3.93. The second-order valence-electron chi connectivity index (χ2n) is 5.69. The van der Waals surface area contributed by atoms with Crippen LogP contribution in [0.2, 0.25) is 0 Å². The van der Waals surface area contributed by atoms with Crippen LogP contribution in [0.1, 0.15) is 45.4 Å². The number of fused-ring (bicyclic) bond motifs is 1. The van der Waals surface area contributed by atoms with Gasteiger partial charge in [-0.2, -0.15) is 0 Å². The van der Waals surface area contributed by atoms with Crippen LogP contribution in [0.3, 0.4) is 0 Å². The highest BCUT2D eigenvalue weighted by Crippen LogP contribution is 2.50. The van der Waals surface area contributed by atoms with Crippen LogP contribution in [-0.4, -0.2) is 17.1 Å². The van der Waals surface area contributed by atoms with Gasteiger partial charge in [0.1, 0.15) is 0 Å². The maximum atomic E-state index is 3.93. The average Bonchev–Trinajstić information content (AvgIpc) is 2.90. The maximum Gasteiger partial charge on any atom is 0.0164 e. The van der Waals surface area contributed by atoms with Crippen LogP contribution in [0.25, 0.3) is 0 Å². The van der Waals surface area contributed by atoms with Gasteiger partial charge in [-0.3, -0.25) is 0 Å². The smallest absolute Gasteiger partial charge is 0.0164 e. The average molecular weight is 274 g/mol. The van der Waals surface area contributed by atoms with E-state index in [9.17, 15) is 0 Å². The van der Waals surface area contributed by atoms with Gasteiger partial charge in [0.2, 0.25) is 0 Å². The van der Waals surface area contributed by atoms with Gasteiger partial charge in [-0.1, -0.05) is 55.2 Å². The van der Waals surface area contributed by atoms with E-state index in [0.717, 1.165) is 18.5 Å². The summed E-state index contributed by atoms with van der Waals surface area (Å²) in [6.07, 6.45) is 18.2. The first-order valence-electron chi connectivity index (χ1n) is 7.63. The van der Waals surface area contributed by atoms with Crippen molar-refractivity contribution >= 4 is 12.8 Å². The van der Waals surface area contributed by atoms with Crippen molar-refractivity contribution in [3.05, 3.63) is 48.6 Å². The summed E-state index contributed by atoms with van der Waals surface area (Å²) in [6.45, 7) is 10.1. The Kier molecular flexibility index (Phi) is 5.52. The van der Waals surface area contributed by atoms with Crippen LogP contribution < -0.4 is 0 Å². The van der Waals surface area contributed by atoms with Gasteiger partial charge in [0.15, 0.2) is 0 Å². The van der Waals surface area contributed by atoms with Crippen molar-refractivity contribution in [3.63, 3.8) is 0 Å². The van der Waals surface area contributed by atoms with E-state index in [0.29, 0.717) is 0 Å². The van der Waals surface area contributed by atoms with Crippen molar-refractivity contribution in [2.24, 2.45) is 0 Å². The molecule has 1 aliphatic heterocycles. The molecule has 104 valence electrons. The lowest BCUT2D eigenvalue weighted by molar-refractivity contribution is 0.776. The number of rotatable bonds is 8. The Labute approximate surface area is 119 Å².